The number of carbonyl (C=O) groups excluding carboxylic acids is 1. The monoisotopic (exact) mass is 507 g/mol. The van der Waals surface area contributed by atoms with Crippen LogP contribution in [0.2, 0.25) is 5.02 Å². The summed E-state index contributed by atoms with van der Waals surface area (Å²) in [6.45, 7) is 0.0137. The topological polar surface area (TPSA) is 102 Å². The number of halogens is 2. The fourth-order valence-corrected chi connectivity index (χ4v) is 4.19. The Balaban J connectivity index is 1.81. The Morgan fingerprint density at radius 1 is 1.21 bits per heavy atom. The van der Waals surface area contributed by atoms with Crippen molar-refractivity contribution in [2.45, 2.75) is 13.0 Å². The van der Waals surface area contributed by atoms with E-state index in [0.717, 1.165) is 11.3 Å². The molecule has 180 valence electrons. The number of rotatable bonds is 11. The van der Waals surface area contributed by atoms with E-state index in [1.807, 2.05) is 9.95 Å². The predicted molar refractivity (Wildman–Crippen MR) is 127 cm³/mol. The SMILES string of the molecule is COc1cc(Cl)ccc1N=c1scc(-c2ccc(F)cc2)n1CCCNC(=O)COCC(=O)O. The van der Waals surface area contributed by atoms with Gasteiger partial charge in [0.25, 0.3) is 0 Å². The number of thiazole rings is 1. The highest BCUT2D eigenvalue weighted by Crippen LogP contribution is 2.30. The minimum atomic E-state index is -1.14. The summed E-state index contributed by atoms with van der Waals surface area (Å²) in [7, 11) is 1.54. The molecule has 3 aromatic rings. The summed E-state index contributed by atoms with van der Waals surface area (Å²) in [5, 5.41) is 13.7. The van der Waals surface area contributed by atoms with Crippen LogP contribution in [0.15, 0.2) is 52.8 Å². The summed E-state index contributed by atoms with van der Waals surface area (Å²) in [5.74, 6) is -1.33. The summed E-state index contributed by atoms with van der Waals surface area (Å²) in [6, 6.07) is 11.4. The quantitative estimate of drug-likeness (QED) is 0.384. The summed E-state index contributed by atoms with van der Waals surface area (Å²) >= 11 is 7.48. The van der Waals surface area contributed by atoms with Crippen LogP contribution in [0.25, 0.3) is 11.3 Å². The average molecular weight is 508 g/mol. The molecule has 0 saturated heterocycles. The molecule has 11 heteroatoms. The van der Waals surface area contributed by atoms with Crippen molar-refractivity contribution in [3.63, 3.8) is 0 Å². The van der Waals surface area contributed by atoms with Gasteiger partial charge in [0.05, 0.1) is 12.8 Å². The smallest absolute Gasteiger partial charge is 0.329 e. The van der Waals surface area contributed by atoms with Crippen molar-refractivity contribution in [3.05, 3.63) is 63.5 Å². The molecule has 0 unspecified atom stereocenters. The minimum Gasteiger partial charge on any atom is -0.494 e. The molecule has 8 nitrogen and oxygen atoms in total. The van der Waals surface area contributed by atoms with E-state index in [-0.39, 0.29) is 12.4 Å². The second-order valence-electron chi connectivity index (χ2n) is 7.08. The lowest BCUT2D eigenvalue weighted by Crippen LogP contribution is -2.30. The minimum absolute atomic E-state index is 0.324. The summed E-state index contributed by atoms with van der Waals surface area (Å²) < 4.78 is 25.6. The maximum absolute atomic E-state index is 13.4. The van der Waals surface area contributed by atoms with Gasteiger partial charge in [-0.2, -0.15) is 0 Å². The van der Waals surface area contributed by atoms with Crippen LogP contribution in [0.5, 0.6) is 5.75 Å². The van der Waals surface area contributed by atoms with Crippen LogP contribution >= 0.6 is 22.9 Å². The molecule has 34 heavy (non-hydrogen) atoms. The van der Waals surface area contributed by atoms with Crippen LogP contribution in [0.4, 0.5) is 10.1 Å². The number of nitrogens with zero attached hydrogens (tertiary/aromatic N) is 2. The molecule has 3 rings (SSSR count). The van der Waals surface area contributed by atoms with Crippen molar-refractivity contribution in [2.24, 2.45) is 4.99 Å². The van der Waals surface area contributed by atoms with Crippen molar-refractivity contribution in [3.8, 4) is 17.0 Å². The van der Waals surface area contributed by atoms with Gasteiger partial charge in [0.2, 0.25) is 5.91 Å². The van der Waals surface area contributed by atoms with E-state index < -0.39 is 18.5 Å². The first-order valence-corrected chi connectivity index (χ1v) is 11.5. The molecular formula is C23H23ClFN3O5S. The number of amides is 1. The normalized spacial score (nSPS) is 11.4. The lowest BCUT2D eigenvalue weighted by atomic mass is 10.1. The van der Waals surface area contributed by atoms with Crippen LogP contribution in [0.3, 0.4) is 0 Å². The van der Waals surface area contributed by atoms with Gasteiger partial charge < -0.3 is 24.5 Å². The van der Waals surface area contributed by atoms with Crippen molar-refractivity contribution >= 4 is 40.5 Å². The van der Waals surface area contributed by atoms with Crippen LogP contribution in [-0.4, -0.2) is 48.4 Å². The first-order chi connectivity index (χ1) is 16.4. The summed E-state index contributed by atoms with van der Waals surface area (Å²) in [6.07, 6.45) is 0.570. The largest absolute Gasteiger partial charge is 0.494 e. The third-order valence-electron chi connectivity index (χ3n) is 4.63. The maximum Gasteiger partial charge on any atom is 0.329 e. The van der Waals surface area contributed by atoms with E-state index in [2.05, 4.69) is 5.32 Å². The number of carbonyl (C=O) groups is 2. The van der Waals surface area contributed by atoms with E-state index in [1.165, 1.54) is 23.5 Å². The molecule has 0 spiro atoms. The Morgan fingerprint density at radius 2 is 1.97 bits per heavy atom. The number of aliphatic carboxylic acids is 1. The number of aromatic nitrogens is 1. The highest BCUT2D eigenvalue weighted by atomic mass is 35.5. The molecule has 0 saturated carbocycles. The molecule has 0 radical (unpaired) electrons. The highest BCUT2D eigenvalue weighted by Gasteiger charge is 2.11. The van der Waals surface area contributed by atoms with Crippen molar-refractivity contribution in [2.75, 3.05) is 26.9 Å². The number of hydrogen-bond donors (Lipinski definition) is 2. The van der Waals surface area contributed by atoms with E-state index >= 15 is 0 Å². The Morgan fingerprint density at radius 3 is 2.68 bits per heavy atom. The van der Waals surface area contributed by atoms with Gasteiger partial charge in [-0.15, -0.1) is 11.3 Å². The van der Waals surface area contributed by atoms with Crippen LogP contribution in [0, 0.1) is 5.82 Å². The first kappa shape index (κ1) is 25.4. The molecule has 0 bridgehead atoms. The predicted octanol–water partition coefficient (Wildman–Crippen LogP) is 3.86. The lowest BCUT2D eigenvalue weighted by Gasteiger charge is -2.11. The van der Waals surface area contributed by atoms with Crippen LogP contribution in [-0.2, 0) is 20.9 Å². The van der Waals surface area contributed by atoms with Gasteiger partial charge in [0.1, 0.15) is 30.5 Å². The van der Waals surface area contributed by atoms with Crippen LogP contribution < -0.4 is 14.9 Å². The Hall–Kier alpha value is -3.21. The number of nitrogens with one attached hydrogen (secondary N) is 1. The first-order valence-electron chi connectivity index (χ1n) is 10.3. The van der Waals surface area contributed by atoms with Crippen molar-refractivity contribution in [1.29, 1.82) is 0 Å². The zero-order valence-corrected chi connectivity index (χ0v) is 19.9. The van der Waals surface area contributed by atoms with Crippen LogP contribution in [0.1, 0.15) is 6.42 Å². The number of carboxylic acid groups (broad SMARTS) is 1. The zero-order chi connectivity index (χ0) is 24.5. The summed E-state index contributed by atoms with van der Waals surface area (Å²) in [5.41, 5.74) is 2.29. The van der Waals surface area contributed by atoms with E-state index in [0.29, 0.717) is 40.8 Å². The van der Waals surface area contributed by atoms with Gasteiger partial charge in [-0.25, -0.2) is 14.2 Å². The number of carboxylic acids is 1. The van der Waals surface area contributed by atoms with Crippen molar-refractivity contribution in [1.82, 2.24) is 9.88 Å². The maximum atomic E-state index is 13.4. The lowest BCUT2D eigenvalue weighted by molar-refractivity contribution is -0.143. The fraction of sp³-hybridized carbons (Fsp3) is 0.261. The molecule has 0 aliphatic heterocycles. The van der Waals surface area contributed by atoms with Gasteiger partial charge in [-0.05, 0) is 48.4 Å². The number of methoxy groups -OCH3 is 1. The van der Waals surface area contributed by atoms with Gasteiger partial charge in [-0.1, -0.05) is 11.6 Å². The molecule has 0 aliphatic rings. The second-order valence-corrected chi connectivity index (χ2v) is 8.35. The third kappa shape index (κ3) is 7.14. The van der Waals surface area contributed by atoms with E-state index in [9.17, 15) is 14.0 Å². The molecular weight excluding hydrogens is 485 g/mol. The van der Waals surface area contributed by atoms with E-state index in [4.69, 9.17) is 31.2 Å². The molecule has 0 aliphatic carbocycles. The molecule has 0 atom stereocenters. The van der Waals surface area contributed by atoms with Gasteiger partial charge in [0.15, 0.2) is 4.80 Å². The fourth-order valence-electron chi connectivity index (χ4n) is 3.08. The molecule has 1 amide bonds. The molecule has 2 aromatic carbocycles. The highest BCUT2D eigenvalue weighted by molar-refractivity contribution is 7.07. The Bertz CT molecular complexity index is 1210. The molecule has 0 fully saturated rings. The summed E-state index contributed by atoms with van der Waals surface area (Å²) in [4.78, 5) is 27.7. The van der Waals surface area contributed by atoms with Gasteiger partial charge in [0, 0.05) is 29.6 Å². The number of hydrogen-bond acceptors (Lipinski definition) is 6. The third-order valence-corrected chi connectivity index (χ3v) is 5.73. The Labute approximate surface area is 204 Å². The zero-order valence-electron chi connectivity index (χ0n) is 18.3. The average Bonchev–Trinajstić information content (AvgIpc) is 3.20. The van der Waals surface area contributed by atoms with E-state index in [1.54, 1.807) is 37.4 Å². The Kier molecular flexibility index (Phi) is 9.20. The number of ether oxygens (including phenoxy) is 2. The molecule has 1 aromatic heterocycles. The van der Waals surface area contributed by atoms with Gasteiger partial charge in [-0.3, -0.25) is 4.79 Å². The molecule has 1 heterocycles. The second kappa shape index (κ2) is 12.3. The molecule has 2 N–H and O–H groups in total. The van der Waals surface area contributed by atoms with Crippen molar-refractivity contribution < 1.29 is 28.6 Å². The number of benzene rings is 2. The van der Waals surface area contributed by atoms with Gasteiger partial charge >= 0.3 is 5.97 Å². The standard InChI is InChI=1S/C23H23ClFN3O5S/c1-32-20-11-16(24)5-8-18(20)27-23-28(10-2-9-26-21(29)12-33-13-22(30)31)19(14-34-23)15-3-6-17(25)7-4-15/h3-8,11,14H,2,9-10,12-13H2,1H3,(H,26,29)(H,30,31).